The molecule has 0 saturated carbocycles. The van der Waals surface area contributed by atoms with Crippen molar-refractivity contribution in [3.8, 4) is 22.9 Å². The van der Waals surface area contributed by atoms with Gasteiger partial charge in [-0.1, -0.05) is 6.07 Å². The van der Waals surface area contributed by atoms with E-state index in [1.54, 1.807) is 19.3 Å². The molecule has 0 aliphatic carbocycles. The average Bonchev–Trinajstić information content (AvgIpc) is 3.00. The number of aromatic nitrogens is 1. The molecule has 8 nitrogen and oxygen atoms in total. The Morgan fingerprint density at radius 2 is 2.13 bits per heavy atom. The van der Waals surface area contributed by atoms with Crippen LogP contribution in [0.3, 0.4) is 0 Å². The van der Waals surface area contributed by atoms with Gasteiger partial charge < -0.3 is 15.2 Å². The van der Waals surface area contributed by atoms with E-state index in [9.17, 15) is 10.1 Å². The minimum atomic E-state index is -1.33. The molecule has 1 spiro atoms. The van der Waals surface area contributed by atoms with Gasteiger partial charge in [-0.05, 0) is 43.5 Å². The van der Waals surface area contributed by atoms with Gasteiger partial charge in [-0.25, -0.2) is 4.99 Å². The van der Waals surface area contributed by atoms with Crippen LogP contribution in [0.5, 0.6) is 5.75 Å². The van der Waals surface area contributed by atoms with E-state index in [1.807, 2.05) is 25.1 Å². The van der Waals surface area contributed by atoms with Crippen LogP contribution in [0.1, 0.15) is 30.9 Å². The van der Waals surface area contributed by atoms with E-state index in [-0.39, 0.29) is 18.0 Å². The van der Waals surface area contributed by atoms with Crippen LogP contribution in [0.4, 0.5) is 0 Å². The maximum Gasteiger partial charge on any atom is 0.265 e. The number of benzene rings is 1. The summed E-state index contributed by atoms with van der Waals surface area (Å²) in [5.41, 5.74) is 6.42. The van der Waals surface area contributed by atoms with Gasteiger partial charge in [0.25, 0.3) is 5.91 Å². The van der Waals surface area contributed by atoms with E-state index in [4.69, 9.17) is 20.2 Å². The average molecular weight is 403 g/mol. The van der Waals surface area contributed by atoms with Crippen molar-refractivity contribution in [1.29, 1.82) is 5.26 Å². The minimum Gasteiger partial charge on any atom is -0.487 e. The zero-order valence-corrected chi connectivity index (χ0v) is 16.8. The van der Waals surface area contributed by atoms with Crippen molar-refractivity contribution in [3.63, 3.8) is 0 Å². The molecule has 8 heteroatoms. The predicted octanol–water partition coefficient (Wildman–Crippen LogP) is 1.93. The van der Waals surface area contributed by atoms with Crippen LogP contribution in [-0.4, -0.2) is 47.1 Å². The molecule has 5 rings (SSSR count). The normalized spacial score (nSPS) is 29.6. The molecule has 30 heavy (non-hydrogen) atoms. The molecule has 3 aliphatic heterocycles. The van der Waals surface area contributed by atoms with Crippen molar-refractivity contribution in [2.45, 2.75) is 37.0 Å². The number of fused-ring (bicyclic) bond motifs is 4. The van der Waals surface area contributed by atoms with Crippen LogP contribution in [0, 0.1) is 11.3 Å². The topological polar surface area (TPSA) is 114 Å². The van der Waals surface area contributed by atoms with Gasteiger partial charge in [0.15, 0.2) is 5.96 Å². The minimum absolute atomic E-state index is 0.153. The molecule has 3 aliphatic rings. The summed E-state index contributed by atoms with van der Waals surface area (Å²) in [5.74, 6) is 0.511. The van der Waals surface area contributed by atoms with Gasteiger partial charge in [0, 0.05) is 37.2 Å². The van der Waals surface area contributed by atoms with Crippen LogP contribution in [-0.2, 0) is 15.1 Å². The summed E-state index contributed by atoms with van der Waals surface area (Å²) in [7, 11) is 1.62. The van der Waals surface area contributed by atoms with Crippen LogP contribution >= 0.6 is 0 Å². The lowest BCUT2D eigenvalue weighted by Gasteiger charge is -2.52. The van der Waals surface area contributed by atoms with Crippen molar-refractivity contribution < 1.29 is 14.3 Å². The number of aliphatic imine (C=N–C) groups is 1. The second kappa shape index (κ2) is 6.28. The van der Waals surface area contributed by atoms with Gasteiger partial charge in [0.1, 0.15) is 23.5 Å². The number of hydrogen-bond acceptors (Lipinski definition) is 7. The van der Waals surface area contributed by atoms with E-state index in [0.29, 0.717) is 23.5 Å². The largest absolute Gasteiger partial charge is 0.487 e. The molecule has 0 bridgehead atoms. The van der Waals surface area contributed by atoms with Crippen LogP contribution < -0.4 is 10.5 Å². The molecule has 0 unspecified atom stereocenters. The molecular weight excluding hydrogens is 382 g/mol. The molecule has 1 aromatic carbocycles. The molecule has 3 atom stereocenters. The number of amides is 1. The van der Waals surface area contributed by atoms with E-state index in [1.165, 1.54) is 11.1 Å². The summed E-state index contributed by atoms with van der Waals surface area (Å²) >= 11 is 0. The first-order valence-electron chi connectivity index (χ1n) is 9.85. The third-order valence-electron chi connectivity index (χ3n) is 6.42. The molecule has 0 radical (unpaired) electrons. The maximum atomic E-state index is 13.6. The summed E-state index contributed by atoms with van der Waals surface area (Å²) in [5, 5.41) is 9.22. The lowest BCUT2D eigenvalue weighted by Crippen LogP contribution is -2.67. The fraction of sp³-hybridized carbons (Fsp3) is 0.364. The maximum absolute atomic E-state index is 13.6. The Hall–Kier alpha value is -3.44. The van der Waals surface area contributed by atoms with Crippen molar-refractivity contribution in [1.82, 2.24) is 9.88 Å². The van der Waals surface area contributed by atoms with Crippen molar-refractivity contribution in [2.24, 2.45) is 10.7 Å². The highest BCUT2D eigenvalue weighted by Crippen LogP contribution is 2.55. The Labute approximate surface area is 173 Å². The number of nitrogens with two attached hydrogens (primary N) is 1. The Kier molecular flexibility index (Phi) is 3.89. The number of ether oxygens (including phenoxy) is 2. The van der Waals surface area contributed by atoms with Crippen LogP contribution in [0.2, 0.25) is 0 Å². The number of guanidine groups is 1. The predicted molar refractivity (Wildman–Crippen MR) is 108 cm³/mol. The number of carbonyl (C=O) groups excluding carboxylic acids is 1. The molecule has 2 N–H and O–H groups in total. The zero-order chi connectivity index (χ0) is 21.1. The number of carbonyl (C=O) groups is 1. The number of nitriles is 1. The summed E-state index contributed by atoms with van der Waals surface area (Å²) in [4.78, 5) is 23.8. The van der Waals surface area contributed by atoms with Crippen LogP contribution in [0.15, 0.2) is 41.7 Å². The number of rotatable bonds is 1. The molecule has 4 heterocycles. The number of nitrogens with zero attached hydrogens (tertiary/aromatic N) is 4. The molecule has 2 aromatic rings. The molecule has 152 valence electrons. The second-order valence-corrected chi connectivity index (χ2v) is 8.03. The Morgan fingerprint density at radius 3 is 2.87 bits per heavy atom. The second-order valence-electron chi connectivity index (χ2n) is 8.03. The summed E-state index contributed by atoms with van der Waals surface area (Å²) in [6, 6.07) is 9.48. The third kappa shape index (κ3) is 2.27. The lowest BCUT2D eigenvalue weighted by molar-refractivity contribution is -0.191. The first-order valence-corrected chi connectivity index (χ1v) is 9.85. The lowest BCUT2D eigenvalue weighted by atomic mass is 9.68. The quantitative estimate of drug-likeness (QED) is 0.778. The Balaban J connectivity index is 1.76. The standard InChI is InChI=1S/C22H21N5O3/c1-21-18(4-3-7-29-21)30-17-6-5-14(15-8-13(10-23)11-25-12-15)9-16(17)22(21)19(28)27(2)20(24)26-22/h5-6,8-9,11-12,18H,3-4,7H2,1-2H3,(H2,24,26)/t18-,21-,22+/m0/s1. The highest BCUT2D eigenvalue weighted by molar-refractivity contribution is 6.08. The number of pyridine rings is 1. The molecule has 1 saturated heterocycles. The van der Waals surface area contributed by atoms with Gasteiger partial charge in [0.2, 0.25) is 5.54 Å². The van der Waals surface area contributed by atoms with E-state index >= 15 is 0 Å². The van der Waals surface area contributed by atoms with Crippen molar-refractivity contribution in [2.75, 3.05) is 13.7 Å². The smallest absolute Gasteiger partial charge is 0.265 e. The Bertz CT molecular complexity index is 1140. The third-order valence-corrected chi connectivity index (χ3v) is 6.42. The van der Waals surface area contributed by atoms with Crippen LogP contribution in [0.25, 0.3) is 11.1 Å². The highest BCUT2D eigenvalue weighted by Gasteiger charge is 2.68. The fourth-order valence-corrected chi connectivity index (χ4v) is 4.74. The number of hydrogen-bond donors (Lipinski definition) is 1. The monoisotopic (exact) mass is 403 g/mol. The van der Waals surface area contributed by atoms with Crippen molar-refractivity contribution in [3.05, 3.63) is 47.8 Å². The Morgan fingerprint density at radius 1 is 1.30 bits per heavy atom. The zero-order valence-electron chi connectivity index (χ0n) is 16.8. The summed E-state index contributed by atoms with van der Waals surface area (Å²) in [6.07, 6.45) is 4.48. The van der Waals surface area contributed by atoms with Gasteiger partial charge in [-0.3, -0.25) is 14.7 Å². The molecule has 1 aromatic heterocycles. The highest BCUT2D eigenvalue weighted by atomic mass is 16.6. The number of likely N-dealkylation sites (N-methyl/N-ethyl adjacent to an activating group) is 1. The van der Waals surface area contributed by atoms with E-state index < -0.39 is 11.1 Å². The SMILES string of the molecule is CN1C(=O)[C@]2(N=C1N)c1cc(-c3cncc(C#N)c3)ccc1O[C@H]1CCCO[C@@]12C. The first-order chi connectivity index (χ1) is 14.4. The van der Waals surface area contributed by atoms with E-state index in [0.717, 1.165) is 24.0 Å². The molecular formula is C22H21N5O3. The first kappa shape index (κ1) is 18.6. The molecule has 1 fully saturated rings. The fourth-order valence-electron chi connectivity index (χ4n) is 4.74. The van der Waals surface area contributed by atoms with Gasteiger partial charge >= 0.3 is 0 Å². The van der Waals surface area contributed by atoms with Gasteiger partial charge in [-0.15, -0.1) is 0 Å². The molecule has 1 amide bonds. The van der Waals surface area contributed by atoms with Gasteiger partial charge in [-0.2, -0.15) is 5.26 Å². The van der Waals surface area contributed by atoms with Crippen molar-refractivity contribution >= 4 is 11.9 Å². The van der Waals surface area contributed by atoms with Gasteiger partial charge in [0.05, 0.1) is 5.56 Å². The summed E-state index contributed by atoms with van der Waals surface area (Å²) < 4.78 is 12.5. The van der Waals surface area contributed by atoms with E-state index in [2.05, 4.69) is 11.1 Å². The summed E-state index contributed by atoms with van der Waals surface area (Å²) in [6.45, 7) is 2.41.